The maximum atomic E-state index is 12.4. The molecule has 0 aliphatic rings. The Hall–Kier alpha value is -1.50. The van der Waals surface area contributed by atoms with Gasteiger partial charge in [-0.25, -0.2) is 0 Å². The first-order valence-electron chi connectivity index (χ1n) is 7.12. The second-order valence-corrected chi connectivity index (χ2v) is 6.05. The molecular formula is C16H23ClN4OS. The molecule has 1 aromatic carbocycles. The third kappa shape index (κ3) is 4.99. The molecule has 0 spiro atoms. The van der Waals surface area contributed by atoms with Gasteiger partial charge in [-0.1, -0.05) is 12.1 Å². The van der Waals surface area contributed by atoms with E-state index in [1.807, 2.05) is 19.5 Å². The molecule has 23 heavy (non-hydrogen) atoms. The number of nitrogens with one attached hydrogen (secondary N) is 2. The number of carbonyl (C=O) groups excluding carboxylic acids is 1. The normalized spacial score (nSPS) is 11.7. The highest BCUT2D eigenvalue weighted by molar-refractivity contribution is 7.98. The molecule has 1 aromatic heterocycles. The molecule has 5 nitrogen and oxygen atoms in total. The lowest BCUT2D eigenvalue weighted by Gasteiger charge is -2.16. The van der Waals surface area contributed by atoms with Crippen LogP contribution in [0.5, 0.6) is 0 Å². The molecule has 2 N–H and O–H groups in total. The summed E-state index contributed by atoms with van der Waals surface area (Å²) in [5, 5.41) is 10.2. The van der Waals surface area contributed by atoms with E-state index >= 15 is 0 Å². The quantitative estimate of drug-likeness (QED) is 0.782. The zero-order valence-electron chi connectivity index (χ0n) is 13.8. The van der Waals surface area contributed by atoms with Crippen LogP contribution < -0.4 is 10.6 Å². The summed E-state index contributed by atoms with van der Waals surface area (Å²) in [4.78, 5) is 13.6. The van der Waals surface area contributed by atoms with Crippen molar-refractivity contribution in [3.8, 4) is 0 Å². The molecule has 2 rings (SSSR count). The smallest absolute Gasteiger partial charge is 0.242 e. The van der Waals surface area contributed by atoms with E-state index in [-0.39, 0.29) is 18.3 Å². The standard InChI is InChI=1S/C16H22N4OS.ClH/c1-11-5-6-12(14(7-11)22-4)8-18-16(21)15(17-2)13-9-19-20(3)10-13;/h5-7,9-10,15,17H,8H2,1-4H3,(H,18,21);1H. The molecule has 0 saturated carbocycles. The van der Waals surface area contributed by atoms with Gasteiger partial charge < -0.3 is 10.6 Å². The van der Waals surface area contributed by atoms with Crippen LogP contribution in [0.3, 0.4) is 0 Å². The second kappa shape index (κ2) is 8.96. The summed E-state index contributed by atoms with van der Waals surface area (Å²) in [7, 11) is 3.61. The van der Waals surface area contributed by atoms with Gasteiger partial charge in [0.2, 0.25) is 5.91 Å². The molecule has 0 radical (unpaired) electrons. The number of thioether (sulfide) groups is 1. The molecule has 0 fully saturated rings. The van der Waals surface area contributed by atoms with E-state index in [1.54, 1.807) is 29.7 Å². The Morgan fingerprint density at radius 1 is 1.43 bits per heavy atom. The summed E-state index contributed by atoms with van der Waals surface area (Å²) in [6, 6.07) is 5.89. The third-order valence-corrected chi connectivity index (χ3v) is 4.32. The van der Waals surface area contributed by atoms with E-state index in [1.165, 1.54) is 10.5 Å². The SMILES string of the molecule is CNC(C(=O)NCc1ccc(C)cc1SC)c1cnn(C)c1.Cl. The van der Waals surface area contributed by atoms with Gasteiger partial charge in [0.1, 0.15) is 6.04 Å². The largest absolute Gasteiger partial charge is 0.350 e. The average Bonchev–Trinajstić information content (AvgIpc) is 2.92. The number of halogens is 1. The summed E-state index contributed by atoms with van der Waals surface area (Å²) in [5.74, 6) is -0.0527. The van der Waals surface area contributed by atoms with Crippen molar-refractivity contribution in [3.05, 3.63) is 47.3 Å². The molecule has 1 atom stereocenters. The molecular weight excluding hydrogens is 332 g/mol. The predicted molar refractivity (Wildman–Crippen MR) is 97.1 cm³/mol. The fraction of sp³-hybridized carbons (Fsp3) is 0.375. The Bertz CT molecular complexity index is 659. The topological polar surface area (TPSA) is 59.0 Å². The van der Waals surface area contributed by atoms with E-state index in [2.05, 4.69) is 40.9 Å². The molecule has 0 saturated heterocycles. The van der Waals surface area contributed by atoms with Crippen molar-refractivity contribution in [1.29, 1.82) is 0 Å². The lowest BCUT2D eigenvalue weighted by molar-refractivity contribution is -0.123. The van der Waals surface area contributed by atoms with E-state index < -0.39 is 6.04 Å². The molecule has 7 heteroatoms. The first kappa shape index (κ1) is 19.5. The van der Waals surface area contributed by atoms with Gasteiger partial charge in [0.25, 0.3) is 0 Å². The average molecular weight is 355 g/mol. The minimum Gasteiger partial charge on any atom is -0.350 e. The van der Waals surface area contributed by atoms with Crippen LogP contribution in [-0.4, -0.2) is 29.0 Å². The summed E-state index contributed by atoms with van der Waals surface area (Å²) >= 11 is 1.69. The Morgan fingerprint density at radius 3 is 2.74 bits per heavy atom. The molecule has 1 unspecified atom stereocenters. The number of rotatable bonds is 6. The molecule has 126 valence electrons. The second-order valence-electron chi connectivity index (χ2n) is 5.20. The number of nitrogens with zero attached hydrogens (tertiary/aromatic N) is 2. The minimum atomic E-state index is -0.392. The van der Waals surface area contributed by atoms with Gasteiger partial charge in [0.15, 0.2) is 0 Å². The van der Waals surface area contributed by atoms with Gasteiger partial charge in [0.05, 0.1) is 6.20 Å². The van der Waals surface area contributed by atoms with Gasteiger partial charge >= 0.3 is 0 Å². The highest BCUT2D eigenvalue weighted by atomic mass is 35.5. The number of amides is 1. The Labute approximate surface area is 147 Å². The van der Waals surface area contributed by atoms with Gasteiger partial charge in [0, 0.05) is 30.2 Å². The Morgan fingerprint density at radius 2 is 2.17 bits per heavy atom. The van der Waals surface area contributed by atoms with Crippen molar-refractivity contribution in [1.82, 2.24) is 20.4 Å². The monoisotopic (exact) mass is 354 g/mol. The van der Waals surface area contributed by atoms with Gasteiger partial charge in [-0.15, -0.1) is 24.2 Å². The zero-order valence-corrected chi connectivity index (χ0v) is 15.4. The van der Waals surface area contributed by atoms with Crippen molar-refractivity contribution in [2.45, 2.75) is 24.4 Å². The number of hydrogen-bond donors (Lipinski definition) is 2. The molecule has 0 aliphatic heterocycles. The van der Waals surface area contributed by atoms with Gasteiger partial charge in [-0.2, -0.15) is 5.10 Å². The Kier molecular flexibility index (Phi) is 7.61. The van der Waals surface area contributed by atoms with Crippen LogP contribution in [0, 0.1) is 6.92 Å². The van der Waals surface area contributed by atoms with Crippen LogP contribution >= 0.6 is 24.2 Å². The minimum absolute atomic E-state index is 0. The van der Waals surface area contributed by atoms with Crippen LogP contribution in [0.1, 0.15) is 22.7 Å². The molecule has 1 amide bonds. The maximum Gasteiger partial charge on any atom is 0.242 e. The molecule has 1 heterocycles. The van der Waals surface area contributed by atoms with Crippen LogP contribution in [-0.2, 0) is 18.4 Å². The van der Waals surface area contributed by atoms with Crippen molar-refractivity contribution in [3.63, 3.8) is 0 Å². The number of aryl methyl sites for hydroxylation is 2. The zero-order chi connectivity index (χ0) is 16.1. The van der Waals surface area contributed by atoms with Crippen molar-refractivity contribution in [2.75, 3.05) is 13.3 Å². The van der Waals surface area contributed by atoms with Crippen LogP contribution in [0.15, 0.2) is 35.5 Å². The summed E-state index contributed by atoms with van der Waals surface area (Å²) in [5.41, 5.74) is 3.21. The van der Waals surface area contributed by atoms with E-state index in [9.17, 15) is 4.79 Å². The Balaban J connectivity index is 0.00000264. The first-order chi connectivity index (χ1) is 10.5. The summed E-state index contributed by atoms with van der Waals surface area (Å²) in [6.07, 6.45) is 5.60. The van der Waals surface area contributed by atoms with Crippen LogP contribution in [0.25, 0.3) is 0 Å². The van der Waals surface area contributed by atoms with E-state index in [4.69, 9.17) is 0 Å². The highest BCUT2D eigenvalue weighted by Crippen LogP contribution is 2.22. The fourth-order valence-corrected chi connectivity index (χ4v) is 3.03. The number of carbonyl (C=O) groups is 1. The van der Waals surface area contributed by atoms with Crippen molar-refractivity contribution in [2.24, 2.45) is 7.05 Å². The maximum absolute atomic E-state index is 12.4. The number of benzene rings is 1. The molecule has 0 aliphatic carbocycles. The number of aromatic nitrogens is 2. The van der Waals surface area contributed by atoms with Crippen molar-refractivity contribution >= 4 is 30.1 Å². The number of hydrogen-bond acceptors (Lipinski definition) is 4. The predicted octanol–water partition coefficient (Wildman–Crippen LogP) is 2.45. The molecule has 2 aromatic rings. The summed E-state index contributed by atoms with van der Waals surface area (Å²) in [6.45, 7) is 2.59. The summed E-state index contributed by atoms with van der Waals surface area (Å²) < 4.78 is 1.69. The fourth-order valence-electron chi connectivity index (χ4n) is 2.32. The van der Waals surface area contributed by atoms with Gasteiger partial charge in [-0.3, -0.25) is 9.48 Å². The molecule has 0 bridgehead atoms. The third-order valence-electron chi connectivity index (χ3n) is 3.50. The van der Waals surface area contributed by atoms with Crippen molar-refractivity contribution < 1.29 is 4.79 Å². The van der Waals surface area contributed by atoms with E-state index in [0.717, 1.165) is 11.1 Å². The van der Waals surface area contributed by atoms with Crippen LogP contribution in [0.2, 0.25) is 0 Å². The van der Waals surface area contributed by atoms with Gasteiger partial charge in [-0.05, 0) is 37.4 Å². The lowest BCUT2D eigenvalue weighted by atomic mass is 10.1. The highest BCUT2D eigenvalue weighted by Gasteiger charge is 2.20. The first-order valence-corrected chi connectivity index (χ1v) is 8.34. The van der Waals surface area contributed by atoms with Crippen LogP contribution in [0.4, 0.5) is 0 Å². The lowest BCUT2D eigenvalue weighted by Crippen LogP contribution is -2.35. The number of likely N-dealkylation sites (N-methyl/N-ethyl adjacent to an activating group) is 1. The van der Waals surface area contributed by atoms with E-state index in [0.29, 0.717) is 6.54 Å².